The quantitative estimate of drug-likeness (QED) is 0.865. The van der Waals surface area contributed by atoms with Crippen LogP contribution in [0, 0.1) is 11.2 Å². The average Bonchev–Trinajstić information content (AvgIpc) is 3.36. The summed E-state index contributed by atoms with van der Waals surface area (Å²) in [5, 5.41) is 7.39. The summed E-state index contributed by atoms with van der Waals surface area (Å²) in [5.74, 6) is 1.34. The molecule has 1 N–H and O–H groups in total. The molecule has 146 valence electrons. The molecule has 0 bridgehead atoms. The van der Waals surface area contributed by atoms with E-state index in [1.807, 2.05) is 13.8 Å². The number of nitrogens with one attached hydrogen (secondary N) is 1. The minimum Gasteiger partial charge on any atom is -0.263 e. The Hall–Kier alpha value is -1.80. The molecular weight excluding hydrogens is 367 g/mol. The van der Waals surface area contributed by atoms with Crippen molar-refractivity contribution < 1.29 is 12.8 Å². The summed E-state index contributed by atoms with van der Waals surface area (Å²) in [7, 11) is -3.66. The third-order valence-electron chi connectivity index (χ3n) is 6.03. The Bertz CT molecular complexity index is 917. The van der Waals surface area contributed by atoms with Gasteiger partial charge in [0.05, 0.1) is 4.90 Å². The summed E-state index contributed by atoms with van der Waals surface area (Å²) in [6.07, 6.45) is 4.19. The summed E-state index contributed by atoms with van der Waals surface area (Å²) in [5.41, 5.74) is -0.0963. The van der Waals surface area contributed by atoms with Gasteiger partial charge in [0.25, 0.3) is 0 Å². The SMILES string of the molecule is CC(C)c1n[nH]c(C2CN(S(=O)(=O)c3ccc(F)cc3)CC23CCCC3)n1. The van der Waals surface area contributed by atoms with Gasteiger partial charge in [-0.1, -0.05) is 26.7 Å². The van der Waals surface area contributed by atoms with Gasteiger partial charge >= 0.3 is 0 Å². The monoisotopic (exact) mass is 392 g/mol. The van der Waals surface area contributed by atoms with Crippen LogP contribution in [0.5, 0.6) is 0 Å². The van der Waals surface area contributed by atoms with Crippen molar-refractivity contribution in [2.45, 2.75) is 56.3 Å². The van der Waals surface area contributed by atoms with Gasteiger partial charge in [0.2, 0.25) is 10.0 Å². The lowest BCUT2D eigenvalue weighted by Gasteiger charge is -2.28. The van der Waals surface area contributed by atoms with Crippen LogP contribution in [0.25, 0.3) is 0 Å². The second-order valence-corrected chi connectivity index (χ2v) is 10.0. The Morgan fingerprint density at radius 1 is 1.22 bits per heavy atom. The minimum atomic E-state index is -3.66. The van der Waals surface area contributed by atoms with Crippen molar-refractivity contribution in [2.24, 2.45) is 5.41 Å². The molecule has 2 aliphatic rings. The lowest BCUT2D eigenvalue weighted by atomic mass is 9.76. The van der Waals surface area contributed by atoms with E-state index >= 15 is 0 Å². The van der Waals surface area contributed by atoms with Crippen molar-refractivity contribution in [3.05, 3.63) is 41.7 Å². The number of hydrogen-bond acceptors (Lipinski definition) is 4. The smallest absolute Gasteiger partial charge is 0.243 e. The molecule has 1 aromatic heterocycles. The number of rotatable bonds is 4. The van der Waals surface area contributed by atoms with E-state index in [4.69, 9.17) is 0 Å². The van der Waals surface area contributed by atoms with Crippen LogP contribution >= 0.6 is 0 Å². The summed E-state index contributed by atoms with van der Waals surface area (Å²) >= 11 is 0. The first-order chi connectivity index (χ1) is 12.8. The van der Waals surface area contributed by atoms with Gasteiger partial charge in [-0.2, -0.15) is 9.40 Å². The van der Waals surface area contributed by atoms with Gasteiger partial charge in [-0.3, -0.25) is 5.10 Å². The summed E-state index contributed by atoms with van der Waals surface area (Å²) in [6.45, 7) is 4.94. The zero-order valence-corrected chi connectivity index (χ0v) is 16.5. The molecule has 4 rings (SSSR count). The van der Waals surface area contributed by atoms with Gasteiger partial charge in [-0.05, 0) is 42.5 Å². The van der Waals surface area contributed by atoms with E-state index in [-0.39, 0.29) is 22.1 Å². The fourth-order valence-electron chi connectivity index (χ4n) is 4.53. The van der Waals surface area contributed by atoms with Crippen LogP contribution < -0.4 is 0 Å². The summed E-state index contributed by atoms with van der Waals surface area (Å²) < 4.78 is 41.0. The van der Waals surface area contributed by atoms with E-state index < -0.39 is 15.8 Å². The lowest BCUT2D eigenvalue weighted by Crippen LogP contribution is -2.31. The van der Waals surface area contributed by atoms with Crippen LogP contribution in [0.15, 0.2) is 29.2 Å². The molecule has 0 radical (unpaired) electrons. The predicted molar refractivity (Wildman–Crippen MR) is 99.3 cm³/mol. The van der Waals surface area contributed by atoms with Crippen molar-refractivity contribution in [1.29, 1.82) is 0 Å². The normalized spacial score (nSPS) is 22.9. The molecule has 2 heterocycles. The van der Waals surface area contributed by atoms with E-state index in [1.165, 1.54) is 24.3 Å². The summed E-state index contributed by atoms with van der Waals surface area (Å²) in [6, 6.07) is 5.06. The predicted octanol–water partition coefficient (Wildman–Crippen LogP) is 3.42. The highest BCUT2D eigenvalue weighted by atomic mass is 32.2. The van der Waals surface area contributed by atoms with Gasteiger partial charge in [0, 0.05) is 24.9 Å². The van der Waals surface area contributed by atoms with E-state index in [1.54, 1.807) is 4.31 Å². The number of hydrogen-bond donors (Lipinski definition) is 1. The molecule has 0 amide bonds. The molecule has 8 heteroatoms. The topological polar surface area (TPSA) is 79.0 Å². The van der Waals surface area contributed by atoms with E-state index in [0.29, 0.717) is 13.1 Å². The van der Waals surface area contributed by atoms with Crippen LogP contribution in [0.2, 0.25) is 0 Å². The van der Waals surface area contributed by atoms with Crippen LogP contribution in [-0.4, -0.2) is 41.0 Å². The van der Waals surface area contributed by atoms with Gasteiger partial charge in [0.15, 0.2) is 5.82 Å². The first kappa shape index (κ1) is 18.6. The zero-order valence-electron chi connectivity index (χ0n) is 15.7. The zero-order chi connectivity index (χ0) is 19.2. The van der Waals surface area contributed by atoms with Crippen molar-refractivity contribution in [2.75, 3.05) is 13.1 Å². The Labute approximate surface area is 159 Å². The molecule has 1 atom stereocenters. The highest BCUT2D eigenvalue weighted by Crippen LogP contribution is 2.53. The number of halogens is 1. The van der Waals surface area contributed by atoms with Crippen LogP contribution in [0.4, 0.5) is 4.39 Å². The van der Waals surface area contributed by atoms with Gasteiger partial charge < -0.3 is 0 Å². The standard InChI is InChI=1S/C19H25FN4O2S/c1-13(2)17-21-18(23-22-17)16-11-24(12-19(16)9-3-4-10-19)27(25,26)15-7-5-14(20)6-8-15/h5-8,13,16H,3-4,9-12H2,1-2H3,(H,21,22,23). The summed E-state index contributed by atoms with van der Waals surface area (Å²) in [4.78, 5) is 4.81. The Balaban J connectivity index is 1.68. The maximum absolute atomic E-state index is 13.2. The fraction of sp³-hybridized carbons (Fsp3) is 0.579. The van der Waals surface area contributed by atoms with Gasteiger partial charge in [-0.15, -0.1) is 0 Å². The highest BCUT2D eigenvalue weighted by molar-refractivity contribution is 7.89. The molecule has 1 aliphatic heterocycles. The third kappa shape index (κ3) is 3.18. The molecule has 2 aromatic rings. The highest BCUT2D eigenvalue weighted by Gasteiger charge is 2.53. The second kappa shape index (κ2) is 6.67. The fourth-order valence-corrected chi connectivity index (χ4v) is 6.08. The first-order valence-electron chi connectivity index (χ1n) is 9.50. The number of aromatic amines is 1. The number of H-pyrrole nitrogens is 1. The van der Waals surface area contributed by atoms with Crippen LogP contribution in [-0.2, 0) is 10.0 Å². The average molecular weight is 393 g/mol. The number of sulfonamides is 1. The number of nitrogens with zero attached hydrogens (tertiary/aromatic N) is 3. The number of aromatic nitrogens is 3. The number of benzene rings is 1. The molecule has 1 spiro atoms. The first-order valence-corrected chi connectivity index (χ1v) is 10.9. The molecule has 1 aliphatic carbocycles. The molecule has 1 unspecified atom stereocenters. The molecule has 1 aromatic carbocycles. The maximum Gasteiger partial charge on any atom is 0.243 e. The molecular formula is C19H25FN4O2S. The van der Waals surface area contributed by atoms with Crippen molar-refractivity contribution in [3.63, 3.8) is 0 Å². The van der Waals surface area contributed by atoms with Crippen molar-refractivity contribution in [1.82, 2.24) is 19.5 Å². The van der Waals surface area contributed by atoms with Crippen LogP contribution in [0.1, 0.15) is 63.0 Å². The second-order valence-electron chi connectivity index (χ2n) is 8.11. The molecule has 1 saturated carbocycles. The maximum atomic E-state index is 13.2. The molecule has 2 fully saturated rings. The lowest BCUT2D eigenvalue weighted by molar-refractivity contribution is 0.277. The molecule has 6 nitrogen and oxygen atoms in total. The Kier molecular flexibility index (Phi) is 4.58. The minimum absolute atomic E-state index is 0.00947. The Morgan fingerprint density at radius 2 is 1.89 bits per heavy atom. The van der Waals surface area contributed by atoms with Crippen molar-refractivity contribution in [3.8, 4) is 0 Å². The molecule has 27 heavy (non-hydrogen) atoms. The van der Waals surface area contributed by atoms with E-state index in [9.17, 15) is 12.8 Å². The largest absolute Gasteiger partial charge is 0.263 e. The van der Waals surface area contributed by atoms with Gasteiger partial charge in [0.1, 0.15) is 11.6 Å². The van der Waals surface area contributed by atoms with E-state index in [0.717, 1.165) is 37.3 Å². The Morgan fingerprint density at radius 3 is 2.48 bits per heavy atom. The van der Waals surface area contributed by atoms with Crippen LogP contribution in [0.3, 0.4) is 0 Å². The van der Waals surface area contributed by atoms with Crippen molar-refractivity contribution >= 4 is 10.0 Å². The third-order valence-corrected chi connectivity index (χ3v) is 7.86. The van der Waals surface area contributed by atoms with Gasteiger partial charge in [-0.25, -0.2) is 17.8 Å². The van der Waals surface area contributed by atoms with E-state index in [2.05, 4.69) is 15.2 Å². The molecule has 1 saturated heterocycles.